The molecule has 0 aliphatic carbocycles. The highest BCUT2D eigenvalue weighted by Crippen LogP contribution is 2.31. The van der Waals surface area contributed by atoms with Crippen LogP contribution >= 0.6 is 0 Å². The molecule has 0 saturated carbocycles. The molecule has 0 atom stereocenters. The Balaban J connectivity index is 0.949. The van der Waals surface area contributed by atoms with E-state index in [0.717, 1.165) is 44.4 Å². The number of carbonyl (C=O) groups is 2. The lowest BCUT2D eigenvalue weighted by Crippen LogP contribution is -2.29. The van der Waals surface area contributed by atoms with Crippen LogP contribution in [-0.4, -0.2) is 74.4 Å². The zero-order chi connectivity index (χ0) is 39.7. The summed E-state index contributed by atoms with van der Waals surface area (Å²) in [5.41, 5.74) is 6.13. The molecule has 7 rings (SSSR count). The first kappa shape index (κ1) is 38.1. The first-order valence-corrected chi connectivity index (χ1v) is 18.6. The Morgan fingerprint density at radius 2 is 1.68 bits per heavy atom. The lowest BCUT2D eigenvalue weighted by atomic mass is 10.0. The summed E-state index contributed by atoms with van der Waals surface area (Å²) in [6.07, 6.45) is 5.64. The van der Waals surface area contributed by atoms with Crippen molar-refractivity contribution in [2.45, 2.75) is 33.0 Å². The van der Waals surface area contributed by atoms with E-state index in [4.69, 9.17) is 9.47 Å². The monoisotopic (exact) mass is 761 g/mol. The number of benzene rings is 4. The number of pyridine rings is 1. The van der Waals surface area contributed by atoms with Crippen LogP contribution in [0.3, 0.4) is 0 Å². The predicted octanol–water partition coefficient (Wildman–Crippen LogP) is 7.04. The third-order valence-electron chi connectivity index (χ3n) is 9.63. The van der Waals surface area contributed by atoms with E-state index < -0.39 is 0 Å². The number of fused-ring (bicyclic) bond motifs is 1. The molecule has 0 fully saturated rings. The minimum absolute atomic E-state index is 0.162. The third-order valence-corrected chi connectivity index (χ3v) is 9.63. The molecule has 0 radical (unpaired) electrons. The average molecular weight is 762 g/mol. The zero-order valence-electron chi connectivity index (χ0n) is 32.3. The van der Waals surface area contributed by atoms with Gasteiger partial charge in [0.15, 0.2) is 0 Å². The molecule has 0 unspecified atom stereocenters. The van der Waals surface area contributed by atoms with E-state index in [1.165, 1.54) is 19.4 Å². The fourth-order valence-corrected chi connectivity index (χ4v) is 6.48. The Bertz CT molecular complexity index is 2510. The van der Waals surface area contributed by atoms with E-state index in [-0.39, 0.29) is 17.5 Å². The summed E-state index contributed by atoms with van der Waals surface area (Å²) in [6.45, 7) is 3.65. The number of amides is 2. The third kappa shape index (κ3) is 9.05. The number of aryl methyl sites for hydroxylation is 2. The molecule has 0 saturated heterocycles. The second-order valence-electron chi connectivity index (χ2n) is 13.6. The van der Waals surface area contributed by atoms with E-state index in [1.807, 2.05) is 116 Å². The molecule has 0 bridgehead atoms. The van der Waals surface area contributed by atoms with Gasteiger partial charge in [-0.3, -0.25) is 19.3 Å². The number of nitrogens with zero attached hydrogens (tertiary/aromatic N) is 8. The summed E-state index contributed by atoms with van der Waals surface area (Å²) in [4.78, 5) is 43.2. The minimum atomic E-state index is -0.366. The van der Waals surface area contributed by atoms with Gasteiger partial charge in [-0.05, 0) is 71.6 Å². The van der Waals surface area contributed by atoms with Crippen molar-refractivity contribution in [3.8, 4) is 23.0 Å². The number of hydrogen-bond acceptors (Lipinski definition) is 10. The minimum Gasteiger partial charge on any atom is -0.489 e. The molecular weight excluding hydrogens is 719 g/mol. The number of methoxy groups -OCH3 is 1. The van der Waals surface area contributed by atoms with Crippen LogP contribution in [0.4, 0.5) is 11.5 Å². The van der Waals surface area contributed by atoms with Crippen molar-refractivity contribution in [3.63, 3.8) is 0 Å². The highest BCUT2D eigenvalue weighted by molar-refractivity contribution is 5.98. The number of aromatic nitrogens is 6. The van der Waals surface area contributed by atoms with Crippen molar-refractivity contribution < 1.29 is 19.1 Å². The number of carbonyl (C=O) groups excluding carboxylic acids is 2. The Hall–Kier alpha value is -7.15. The normalized spacial score (nSPS) is 10.9. The zero-order valence-corrected chi connectivity index (χ0v) is 32.3. The number of anilines is 2. The standard InChI is InChI=1S/C44H43N9O4/c1-30-15-17-34(52(3)41-20-23-47-44(48-41)56-4)26-36(30)39-28-53(50-49-39)24-10-21-46-42(54)38-25-33(19-22-45-38)43(55)51(2)27-37-35-14-9-8-13-32(35)16-18-40(37)57-29-31-11-6-5-7-12-31/h5-9,11-20,22-23,25-26,28H,10,21,24,27,29H2,1-4H3,(H,46,54). The van der Waals surface area contributed by atoms with Crippen molar-refractivity contribution in [3.05, 3.63) is 150 Å². The van der Waals surface area contributed by atoms with E-state index in [2.05, 4.69) is 30.6 Å². The SMILES string of the molecule is COc1nccc(N(C)c2ccc(C)c(-c3cn(CCCNC(=O)c4cc(C(=O)N(C)Cc5c(OCc6ccccc6)ccc6ccccc56)ccn4)nn3)c2)n1. The molecule has 0 aliphatic rings. The van der Waals surface area contributed by atoms with Crippen LogP contribution in [0.1, 0.15) is 44.0 Å². The summed E-state index contributed by atoms with van der Waals surface area (Å²) in [5.74, 6) is 0.800. The Kier molecular flexibility index (Phi) is 11.7. The first-order valence-electron chi connectivity index (χ1n) is 18.6. The van der Waals surface area contributed by atoms with Crippen LogP contribution in [0, 0.1) is 6.92 Å². The van der Waals surface area contributed by atoms with Crippen molar-refractivity contribution in [1.82, 2.24) is 40.2 Å². The van der Waals surface area contributed by atoms with Crippen molar-refractivity contribution in [1.29, 1.82) is 0 Å². The number of ether oxygens (including phenoxy) is 2. The van der Waals surface area contributed by atoms with Gasteiger partial charge in [-0.15, -0.1) is 5.10 Å². The molecule has 1 N–H and O–H groups in total. The Morgan fingerprint density at radius 1 is 0.877 bits per heavy atom. The summed E-state index contributed by atoms with van der Waals surface area (Å²) in [6, 6.07) is 33.4. The lowest BCUT2D eigenvalue weighted by molar-refractivity contribution is 0.0784. The second kappa shape index (κ2) is 17.5. The van der Waals surface area contributed by atoms with Gasteiger partial charge in [0.05, 0.1) is 13.3 Å². The second-order valence-corrected chi connectivity index (χ2v) is 13.6. The summed E-state index contributed by atoms with van der Waals surface area (Å²) in [7, 11) is 5.21. The molecular formula is C44H43N9O4. The Labute approximate surface area is 330 Å². The summed E-state index contributed by atoms with van der Waals surface area (Å²) < 4.78 is 13.2. The quantitative estimate of drug-likeness (QED) is 0.108. The van der Waals surface area contributed by atoms with Gasteiger partial charge in [-0.25, -0.2) is 4.98 Å². The maximum absolute atomic E-state index is 13.7. The maximum Gasteiger partial charge on any atom is 0.318 e. The van der Waals surface area contributed by atoms with Crippen LogP contribution in [0.5, 0.6) is 11.8 Å². The van der Waals surface area contributed by atoms with Crippen molar-refractivity contribution in [2.75, 3.05) is 32.6 Å². The fourth-order valence-electron chi connectivity index (χ4n) is 6.48. The van der Waals surface area contributed by atoms with E-state index >= 15 is 0 Å². The topological polar surface area (TPSA) is 140 Å². The number of rotatable bonds is 15. The molecule has 13 nitrogen and oxygen atoms in total. The van der Waals surface area contributed by atoms with E-state index in [1.54, 1.807) is 28.9 Å². The van der Waals surface area contributed by atoms with Crippen LogP contribution in [-0.2, 0) is 19.7 Å². The van der Waals surface area contributed by atoms with E-state index in [9.17, 15) is 9.59 Å². The molecule has 288 valence electrons. The average Bonchev–Trinajstić information content (AvgIpc) is 3.73. The van der Waals surface area contributed by atoms with Gasteiger partial charge >= 0.3 is 6.01 Å². The highest BCUT2D eigenvalue weighted by atomic mass is 16.5. The number of nitrogens with one attached hydrogen (secondary N) is 1. The van der Waals surface area contributed by atoms with Crippen molar-refractivity contribution >= 4 is 34.1 Å². The van der Waals surface area contributed by atoms with Gasteiger partial charge < -0.3 is 24.6 Å². The highest BCUT2D eigenvalue weighted by Gasteiger charge is 2.19. The van der Waals surface area contributed by atoms with Crippen LogP contribution in [0.2, 0.25) is 0 Å². The molecule has 7 aromatic rings. The van der Waals surface area contributed by atoms with Gasteiger partial charge in [-0.1, -0.05) is 71.9 Å². The smallest absolute Gasteiger partial charge is 0.318 e. The number of hydrogen-bond donors (Lipinski definition) is 1. The van der Waals surface area contributed by atoms with Crippen LogP contribution in [0.25, 0.3) is 22.0 Å². The molecule has 57 heavy (non-hydrogen) atoms. The molecule has 4 aromatic carbocycles. The van der Waals surface area contributed by atoms with Crippen LogP contribution in [0.15, 0.2) is 122 Å². The molecule has 13 heteroatoms. The molecule has 0 spiro atoms. The lowest BCUT2D eigenvalue weighted by Gasteiger charge is -2.21. The van der Waals surface area contributed by atoms with E-state index in [0.29, 0.717) is 55.8 Å². The van der Waals surface area contributed by atoms with Gasteiger partial charge in [0, 0.05) is 68.5 Å². The summed E-state index contributed by atoms with van der Waals surface area (Å²) in [5, 5.41) is 13.7. The molecule has 0 aliphatic heterocycles. The first-order chi connectivity index (χ1) is 27.8. The Morgan fingerprint density at radius 3 is 2.53 bits per heavy atom. The van der Waals surface area contributed by atoms with Crippen LogP contribution < -0.4 is 19.7 Å². The largest absolute Gasteiger partial charge is 0.489 e. The summed E-state index contributed by atoms with van der Waals surface area (Å²) >= 11 is 0. The van der Waals surface area contributed by atoms with Gasteiger partial charge in [-0.2, -0.15) is 4.98 Å². The van der Waals surface area contributed by atoms with Gasteiger partial charge in [0.25, 0.3) is 11.8 Å². The maximum atomic E-state index is 13.7. The van der Waals surface area contributed by atoms with Gasteiger partial charge in [0.2, 0.25) is 0 Å². The molecule has 3 heterocycles. The van der Waals surface area contributed by atoms with Crippen molar-refractivity contribution in [2.24, 2.45) is 0 Å². The fraction of sp³-hybridized carbons (Fsp3) is 0.205. The predicted molar refractivity (Wildman–Crippen MR) is 219 cm³/mol. The van der Waals surface area contributed by atoms with Gasteiger partial charge in [0.1, 0.15) is 29.6 Å². The molecule has 2 amide bonds. The molecule has 3 aromatic heterocycles.